The first-order chi connectivity index (χ1) is 15.5. The molecular formula is C22H29N5O4S. The van der Waals surface area contributed by atoms with Gasteiger partial charge in [0.1, 0.15) is 0 Å². The summed E-state index contributed by atoms with van der Waals surface area (Å²) in [6.07, 6.45) is 3.66. The minimum Gasteiger partial charge on any atom is -0.454 e. The maximum absolute atomic E-state index is 12.7. The van der Waals surface area contributed by atoms with Gasteiger partial charge in [-0.25, -0.2) is 0 Å². The van der Waals surface area contributed by atoms with Crippen molar-refractivity contribution < 1.29 is 19.1 Å². The minimum atomic E-state index is -0.342. The van der Waals surface area contributed by atoms with Gasteiger partial charge in [0.2, 0.25) is 18.6 Å². The number of rotatable bonds is 8. The standard InChI is InChI=1S/C22H29N5O4S/c1-3-27-19(13-26-10-6-4-5-7-20(26)28)24-25-22(27)32-15(2)21(29)23-12-16-8-9-17-18(11-16)31-14-30-17/h8-9,11,15H,3-7,10,12-14H2,1-2H3,(H,23,29)/t15-/m1/s1. The Bertz CT molecular complexity index is 979. The Morgan fingerprint density at radius 2 is 2.06 bits per heavy atom. The van der Waals surface area contributed by atoms with Crippen LogP contribution < -0.4 is 14.8 Å². The van der Waals surface area contributed by atoms with E-state index < -0.39 is 0 Å². The Balaban J connectivity index is 1.34. The number of fused-ring (bicyclic) bond motifs is 1. The molecule has 3 heterocycles. The second-order valence-corrected chi connectivity index (χ2v) is 9.24. The molecule has 0 aliphatic carbocycles. The number of aromatic nitrogens is 3. The van der Waals surface area contributed by atoms with Crippen molar-refractivity contribution in [3.63, 3.8) is 0 Å². The van der Waals surface area contributed by atoms with Crippen LogP contribution in [-0.4, -0.2) is 50.1 Å². The maximum atomic E-state index is 12.7. The van der Waals surface area contributed by atoms with E-state index in [-0.39, 0.29) is 23.9 Å². The SMILES string of the molecule is CCn1c(CN2CCCCCC2=O)nnc1S[C@H](C)C(=O)NCc1ccc2c(c1)OCO2. The van der Waals surface area contributed by atoms with Crippen LogP contribution in [0.2, 0.25) is 0 Å². The van der Waals surface area contributed by atoms with Crippen molar-refractivity contribution in [1.29, 1.82) is 0 Å². The first-order valence-electron chi connectivity index (χ1n) is 11.1. The van der Waals surface area contributed by atoms with Crippen molar-refractivity contribution in [3.8, 4) is 11.5 Å². The molecule has 4 rings (SSSR count). The Morgan fingerprint density at radius 1 is 1.22 bits per heavy atom. The van der Waals surface area contributed by atoms with Crippen molar-refractivity contribution in [2.45, 2.75) is 69.6 Å². The number of hydrogen-bond acceptors (Lipinski definition) is 7. The fourth-order valence-electron chi connectivity index (χ4n) is 3.81. The lowest BCUT2D eigenvalue weighted by molar-refractivity contribution is -0.131. The van der Waals surface area contributed by atoms with Gasteiger partial charge in [-0.2, -0.15) is 0 Å². The molecule has 172 valence electrons. The van der Waals surface area contributed by atoms with E-state index in [9.17, 15) is 9.59 Å². The van der Waals surface area contributed by atoms with Crippen LogP contribution in [0.1, 0.15) is 50.9 Å². The Morgan fingerprint density at radius 3 is 2.91 bits per heavy atom. The normalized spacial score (nSPS) is 16.7. The number of nitrogens with one attached hydrogen (secondary N) is 1. The molecule has 1 aromatic heterocycles. The van der Waals surface area contributed by atoms with Crippen molar-refractivity contribution in [1.82, 2.24) is 25.0 Å². The molecule has 1 fully saturated rings. The molecule has 2 aliphatic rings. The second-order valence-electron chi connectivity index (χ2n) is 7.93. The van der Waals surface area contributed by atoms with Crippen LogP contribution in [0.25, 0.3) is 0 Å². The molecule has 2 amide bonds. The van der Waals surface area contributed by atoms with E-state index in [0.717, 1.165) is 42.9 Å². The van der Waals surface area contributed by atoms with Gasteiger partial charge in [-0.3, -0.25) is 9.59 Å². The number of amides is 2. The highest BCUT2D eigenvalue weighted by Gasteiger charge is 2.23. The van der Waals surface area contributed by atoms with E-state index in [1.807, 2.05) is 41.5 Å². The Kier molecular flexibility index (Phi) is 7.19. The van der Waals surface area contributed by atoms with Crippen molar-refractivity contribution in [2.24, 2.45) is 0 Å². The van der Waals surface area contributed by atoms with Crippen molar-refractivity contribution >= 4 is 23.6 Å². The molecule has 0 unspecified atom stereocenters. The van der Waals surface area contributed by atoms with Gasteiger partial charge in [0.25, 0.3) is 0 Å². The Hall–Kier alpha value is -2.75. The van der Waals surface area contributed by atoms with Crippen LogP contribution in [0.4, 0.5) is 0 Å². The summed E-state index contributed by atoms with van der Waals surface area (Å²) < 4.78 is 12.7. The fraction of sp³-hybridized carbons (Fsp3) is 0.545. The zero-order valence-electron chi connectivity index (χ0n) is 18.5. The van der Waals surface area contributed by atoms with Gasteiger partial charge in [-0.1, -0.05) is 24.2 Å². The van der Waals surface area contributed by atoms with Gasteiger partial charge < -0.3 is 24.3 Å². The number of hydrogen-bond donors (Lipinski definition) is 1. The molecule has 1 aromatic carbocycles. The average Bonchev–Trinajstić information content (AvgIpc) is 3.36. The highest BCUT2D eigenvalue weighted by Crippen LogP contribution is 2.32. The van der Waals surface area contributed by atoms with E-state index in [1.54, 1.807) is 0 Å². The molecule has 9 nitrogen and oxygen atoms in total. The van der Waals surface area contributed by atoms with Crippen molar-refractivity contribution in [3.05, 3.63) is 29.6 Å². The lowest BCUT2D eigenvalue weighted by Gasteiger charge is -2.20. The summed E-state index contributed by atoms with van der Waals surface area (Å²) in [6, 6.07) is 5.64. The summed E-state index contributed by atoms with van der Waals surface area (Å²) >= 11 is 1.38. The summed E-state index contributed by atoms with van der Waals surface area (Å²) in [4.78, 5) is 26.9. The number of carbonyl (C=O) groups is 2. The van der Waals surface area contributed by atoms with Crippen LogP contribution in [0.5, 0.6) is 11.5 Å². The van der Waals surface area contributed by atoms with Gasteiger partial charge in [0.05, 0.1) is 11.8 Å². The number of ether oxygens (including phenoxy) is 2. The summed E-state index contributed by atoms with van der Waals surface area (Å²) in [5.41, 5.74) is 0.945. The number of carbonyl (C=O) groups excluding carboxylic acids is 2. The van der Waals surface area contributed by atoms with Gasteiger partial charge in [0, 0.05) is 26.1 Å². The first kappa shape index (κ1) is 22.4. The van der Waals surface area contributed by atoms with Gasteiger partial charge in [-0.15, -0.1) is 10.2 Å². The number of thioether (sulfide) groups is 1. The fourth-order valence-corrected chi connectivity index (χ4v) is 4.77. The summed E-state index contributed by atoms with van der Waals surface area (Å²) in [6.45, 7) is 6.41. The molecule has 0 saturated carbocycles. The topological polar surface area (TPSA) is 98.6 Å². The van der Waals surface area contributed by atoms with Gasteiger partial charge in [-0.05, 0) is 44.4 Å². The smallest absolute Gasteiger partial charge is 0.233 e. The van der Waals surface area contributed by atoms with E-state index >= 15 is 0 Å². The molecule has 2 aliphatic heterocycles. The predicted molar refractivity (Wildman–Crippen MR) is 119 cm³/mol. The lowest BCUT2D eigenvalue weighted by Crippen LogP contribution is -2.31. The summed E-state index contributed by atoms with van der Waals surface area (Å²) in [5, 5.41) is 11.9. The van der Waals surface area contributed by atoms with Crippen LogP contribution in [-0.2, 0) is 29.2 Å². The zero-order valence-corrected chi connectivity index (χ0v) is 19.3. The largest absolute Gasteiger partial charge is 0.454 e. The second kappa shape index (κ2) is 10.2. The summed E-state index contributed by atoms with van der Waals surface area (Å²) in [7, 11) is 0. The third kappa shape index (κ3) is 5.17. The van der Waals surface area contributed by atoms with E-state index in [4.69, 9.17) is 9.47 Å². The number of nitrogens with zero attached hydrogens (tertiary/aromatic N) is 4. The molecule has 1 saturated heterocycles. The molecule has 32 heavy (non-hydrogen) atoms. The molecule has 0 spiro atoms. The van der Waals surface area contributed by atoms with Crippen molar-refractivity contribution in [2.75, 3.05) is 13.3 Å². The minimum absolute atomic E-state index is 0.0810. The predicted octanol–water partition coefficient (Wildman–Crippen LogP) is 2.73. The highest BCUT2D eigenvalue weighted by molar-refractivity contribution is 8.00. The van der Waals surface area contributed by atoms with Crippen LogP contribution >= 0.6 is 11.8 Å². The molecule has 1 N–H and O–H groups in total. The highest BCUT2D eigenvalue weighted by atomic mass is 32.2. The van der Waals surface area contributed by atoms with E-state index in [1.165, 1.54) is 11.8 Å². The van der Waals surface area contributed by atoms with Gasteiger partial charge in [0.15, 0.2) is 22.5 Å². The Labute approximate surface area is 191 Å². The molecule has 1 atom stereocenters. The maximum Gasteiger partial charge on any atom is 0.233 e. The van der Waals surface area contributed by atoms with Crippen LogP contribution in [0, 0.1) is 0 Å². The molecule has 0 radical (unpaired) electrons. The number of likely N-dealkylation sites (tertiary alicyclic amines) is 1. The number of benzene rings is 1. The average molecular weight is 460 g/mol. The zero-order chi connectivity index (χ0) is 22.5. The molecule has 10 heteroatoms. The third-order valence-corrected chi connectivity index (χ3v) is 6.75. The quantitative estimate of drug-likeness (QED) is 0.606. The lowest BCUT2D eigenvalue weighted by atomic mass is 10.2. The van der Waals surface area contributed by atoms with Crippen LogP contribution in [0.15, 0.2) is 23.4 Å². The first-order valence-corrected chi connectivity index (χ1v) is 12.0. The van der Waals surface area contributed by atoms with E-state index in [2.05, 4.69) is 15.5 Å². The van der Waals surface area contributed by atoms with E-state index in [0.29, 0.717) is 37.0 Å². The third-order valence-electron chi connectivity index (χ3n) is 5.67. The molecule has 0 bridgehead atoms. The van der Waals surface area contributed by atoms with Gasteiger partial charge >= 0.3 is 0 Å². The molecule has 2 aromatic rings. The van der Waals surface area contributed by atoms with Crippen LogP contribution in [0.3, 0.4) is 0 Å². The monoisotopic (exact) mass is 459 g/mol. The molecular weight excluding hydrogens is 430 g/mol. The summed E-state index contributed by atoms with van der Waals surface area (Å²) in [5.74, 6) is 2.28.